The zero-order valence-electron chi connectivity index (χ0n) is 52.5. The lowest BCUT2D eigenvalue weighted by Crippen LogP contribution is -2.29. The molecule has 0 spiro atoms. The number of phosphoric acid groups is 1. The standard InChI is InChI=1S/C71H126NO8P/c1-3-5-7-9-11-13-15-17-19-21-23-25-27-29-30-31-32-33-34-35-36-37-38-40-42-44-46-48-50-52-54-56-58-60-62-64-71(74)80-69(68-79-81(75,76)78-66-65-72)67-77-70(73)63-61-59-57-55-53-51-49-47-45-43-41-39-28-26-24-22-20-18-16-14-12-10-8-6-4-2/h5,7,11,13,17,19,23,25,29-30,32-33,35-36,38,40,69H,3-4,6,8-10,12,14-16,18,20-22,24,26-28,31,34,37,39,41-68,72H2,1-2H3,(H,75,76)/b7-5-,13-11-,19-17-,25-23-,30-29-,33-32-,36-35-,40-38-. The average Bonchev–Trinajstić information content (AvgIpc) is 3.46. The highest BCUT2D eigenvalue weighted by molar-refractivity contribution is 7.47. The van der Waals surface area contributed by atoms with Crippen molar-refractivity contribution >= 4 is 19.8 Å². The Morgan fingerprint density at radius 1 is 0.383 bits per heavy atom. The van der Waals surface area contributed by atoms with Crippen LogP contribution in [0.5, 0.6) is 0 Å². The topological polar surface area (TPSA) is 134 Å². The fourth-order valence-electron chi connectivity index (χ4n) is 9.54. The minimum atomic E-state index is -4.40. The van der Waals surface area contributed by atoms with Crippen LogP contribution in [0.1, 0.15) is 309 Å². The Morgan fingerprint density at radius 2 is 0.679 bits per heavy atom. The molecule has 0 aromatic carbocycles. The molecular formula is C71H126NO8P. The van der Waals surface area contributed by atoms with E-state index in [0.717, 1.165) is 96.3 Å². The highest BCUT2D eigenvalue weighted by Gasteiger charge is 2.26. The Hall–Kier alpha value is -3.07. The van der Waals surface area contributed by atoms with Gasteiger partial charge in [-0.3, -0.25) is 18.6 Å². The van der Waals surface area contributed by atoms with Crippen LogP contribution in [0.3, 0.4) is 0 Å². The van der Waals surface area contributed by atoms with Crippen molar-refractivity contribution in [1.82, 2.24) is 0 Å². The van der Waals surface area contributed by atoms with Crippen LogP contribution in [0.2, 0.25) is 0 Å². The van der Waals surface area contributed by atoms with Crippen LogP contribution in [0.25, 0.3) is 0 Å². The number of allylic oxidation sites excluding steroid dienone is 16. The first-order chi connectivity index (χ1) is 39.8. The van der Waals surface area contributed by atoms with Crippen molar-refractivity contribution in [3.05, 3.63) is 97.2 Å². The summed E-state index contributed by atoms with van der Waals surface area (Å²) in [4.78, 5) is 35.3. The van der Waals surface area contributed by atoms with Crippen LogP contribution in [0, 0.1) is 0 Å². The van der Waals surface area contributed by atoms with Crippen molar-refractivity contribution in [3.63, 3.8) is 0 Å². The smallest absolute Gasteiger partial charge is 0.462 e. The molecule has 0 amide bonds. The van der Waals surface area contributed by atoms with E-state index in [2.05, 4.69) is 111 Å². The largest absolute Gasteiger partial charge is 0.472 e. The van der Waals surface area contributed by atoms with Crippen molar-refractivity contribution in [1.29, 1.82) is 0 Å². The van der Waals surface area contributed by atoms with E-state index in [-0.39, 0.29) is 38.6 Å². The molecule has 2 unspecified atom stereocenters. The number of nitrogens with two attached hydrogens (primary N) is 1. The van der Waals surface area contributed by atoms with Gasteiger partial charge < -0.3 is 20.1 Å². The monoisotopic (exact) mass is 1150 g/mol. The van der Waals surface area contributed by atoms with Gasteiger partial charge in [-0.05, 0) is 77.0 Å². The molecule has 0 saturated heterocycles. The van der Waals surface area contributed by atoms with E-state index in [9.17, 15) is 19.0 Å². The summed E-state index contributed by atoms with van der Waals surface area (Å²) >= 11 is 0. The summed E-state index contributed by atoms with van der Waals surface area (Å²) in [5.41, 5.74) is 5.40. The molecule has 0 aromatic heterocycles. The number of hydrogen-bond donors (Lipinski definition) is 2. The van der Waals surface area contributed by atoms with Crippen LogP contribution in [0.4, 0.5) is 0 Å². The minimum Gasteiger partial charge on any atom is -0.462 e. The molecule has 0 heterocycles. The van der Waals surface area contributed by atoms with Crippen LogP contribution in [-0.4, -0.2) is 49.3 Å². The van der Waals surface area contributed by atoms with Gasteiger partial charge in [-0.25, -0.2) is 4.57 Å². The second-order valence-corrected chi connectivity index (χ2v) is 23.8. The predicted molar refractivity (Wildman–Crippen MR) is 348 cm³/mol. The van der Waals surface area contributed by atoms with Gasteiger partial charge in [0.15, 0.2) is 6.10 Å². The van der Waals surface area contributed by atoms with Gasteiger partial charge in [0, 0.05) is 19.4 Å². The predicted octanol–water partition coefficient (Wildman–Crippen LogP) is 22.0. The summed E-state index contributed by atoms with van der Waals surface area (Å²) in [6.07, 6.45) is 89.1. The zero-order valence-corrected chi connectivity index (χ0v) is 53.4. The lowest BCUT2D eigenvalue weighted by Gasteiger charge is -2.19. The van der Waals surface area contributed by atoms with Crippen LogP contribution < -0.4 is 5.73 Å². The number of hydrogen-bond acceptors (Lipinski definition) is 8. The molecule has 0 saturated carbocycles. The molecule has 3 N–H and O–H groups in total. The first-order valence-corrected chi connectivity index (χ1v) is 35.2. The molecule has 468 valence electrons. The molecule has 9 nitrogen and oxygen atoms in total. The van der Waals surface area contributed by atoms with Crippen molar-refractivity contribution in [2.75, 3.05) is 26.4 Å². The van der Waals surface area contributed by atoms with Crippen LogP contribution >= 0.6 is 7.82 Å². The average molecular weight is 1150 g/mol. The maximum atomic E-state index is 12.8. The maximum absolute atomic E-state index is 12.8. The molecule has 2 atom stereocenters. The van der Waals surface area contributed by atoms with Gasteiger partial charge in [0.25, 0.3) is 0 Å². The van der Waals surface area contributed by atoms with Crippen molar-refractivity contribution in [3.8, 4) is 0 Å². The Labute approximate surface area is 499 Å². The summed E-state index contributed by atoms with van der Waals surface area (Å²) in [5, 5.41) is 0. The zero-order chi connectivity index (χ0) is 58.7. The van der Waals surface area contributed by atoms with E-state index in [1.54, 1.807) is 0 Å². The van der Waals surface area contributed by atoms with E-state index < -0.39 is 26.5 Å². The van der Waals surface area contributed by atoms with Gasteiger partial charge in [-0.2, -0.15) is 0 Å². The lowest BCUT2D eigenvalue weighted by atomic mass is 10.0. The summed E-state index contributed by atoms with van der Waals surface area (Å²) in [5.74, 6) is -0.823. The van der Waals surface area contributed by atoms with Gasteiger partial charge in [0.1, 0.15) is 6.61 Å². The number of esters is 2. The minimum absolute atomic E-state index is 0.0504. The molecule has 0 aliphatic rings. The van der Waals surface area contributed by atoms with Crippen LogP contribution in [0.15, 0.2) is 97.2 Å². The SMILES string of the molecule is CC/C=C\C/C=C\C/C=C\C/C=C\C/C=C\C/C=C\C/C=C\C/C=C\CCCCCCCCCCCCC(=O)OC(COC(=O)CCCCCCCCCCCCCCCCCCCCCCCCCCC)COP(=O)(O)OCCN. The Balaban J connectivity index is 3.93. The molecule has 0 aromatic rings. The lowest BCUT2D eigenvalue weighted by molar-refractivity contribution is -0.161. The van der Waals surface area contributed by atoms with Gasteiger partial charge in [0.2, 0.25) is 0 Å². The number of carbonyl (C=O) groups excluding carboxylic acids is 2. The van der Waals surface area contributed by atoms with Gasteiger partial charge in [-0.1, -0.05) is 317 Å². The van der Waals surface area contributed by atoms with Crippen molar-refractivity contribution < 1.29 is 37.6 Å². The third-order valence-corrected chi connectivity index (χ3v) is 15.5. The Kier molecular flexibility index (Phi) is 63.6. The first kappa shape index (κ1) is 77.9. The van der Waals surface area contributed by atoms with E-state index in [1.807, 2.05) is 0 Å². The van der Waals surface area contributed by atoms with Gasteiger partial charge >= 0.3 is 19.8 Å². The fraction of sp³-hybridized carbons (Fsp3) is 0.746. The first-order valence-electron chi connectivity index (χ1n) is 33.7. The van der Waals surface area contributed by atoms with Crippen LogP contribution in [-0.2, 0) is 32.7 Å². The van der Waals surface area contributed by atoms with Gasteiger partial charge in [-0.15, -0.1) is 0 Å². The number of carbonyl (C=O) groups is 2. The van der Waals surface area contributed by atoms with Crippen molar-refractivity contribution in [2.24, 2.45) is 5.73 Å². The second-order valence-electron chi connectivity index (χ2n) is 22.3. The third-order valence-electron chi connectivity index (χ3n) is 14.5. The molecule has 0 bridgehead atoms. The van der Waals surface area contributed by atoms with E-state index in [0.29, 0.717) is 6.42 Å². The highest BCUT2D eigenvalue weighted by Crippen LogP contribution is 2.43. The molecule has 0 radical (unpaired) electrons. The van der Waals surface area contributed by atoms with Crippen molar-refractivity contribution in [2.45, 2.75) is 315 Å². The molecule has 10 heteroatoms. The molecule has 0 fully saturated rings. The quantitative estimate of drug-likeness (QED) is 0.0264. The molecule has 0 aliphatic carbocycles. The summed E-state index contributed by atoms with van der Waals surface area (Å²) in [6, 6.07) is 0. The Morgan fingerprint density at radius 3 is 1.01 bits per heavy atom. The number of unbranched alkanes of at least 4 members (excludes halogenated alkanes) is 34. The number of phosphoric ester groups is 1. The maximum Gasteiger partial charge on any atom is 0.472 e. The third kappa shape index (κ3) is 65.9. The highest BCUT2D eigenvalue weighted by atomic mass is 31.2. The molecule has 0 aliphatic heterocycles. The van der Waals surface area contributed by atoms with E-state index >= 15 is 0 Å². The molecule has 81 heavy (non-hydrogen) atoms. The number of ether oxygens (including phenoxy) is 2. The van der Waals surface area contributed by atoms with E-state index in [4.69, 9.17) is 24.3 Å². The molecule has 0 rings (SSSR count). The van der Waals surface area contributed by atoms with Gasteiger partial charge in [0.05, 0.1) is 13.2 Å². The number of rotatable bonds is 63. The van der Waals surface area contributed by atoms with E-state index in [1.165, 1.54) is 180 Å². The normalized spacial score (nSPS) is 13.6. The summed E-state index contributed by atoms with van der Waals surface area (Å²) in [6.45, 7) is 3.67. The summed E-state index contributed by atoms with van der Waals surface area (Å²) < 4.78 is 33.2. The summed E-state index contributed by atoms with van der Waals surface area (Å²) in [7, 11) is -4.40. The fourth-order valence-corrected chi connectivity index (χ4v) is 10.3. The molecular weight excluding hydrogens is 1030 g/mol. The second kappa shape index (κ2) is 66.1. The Bertz CT molecular complexity index is 1650.